The first-order chi connectivity index (χ1) is 10.9. The predicted octanol–water partition coefficient (Wildman–Crippen LogP) is 3.91. The van der Waals surface area contributed by atoms with E-state index in [2.05, 4.69) is 10.6 Å². The summed E-state index contributed by atoms with van der Waals surface area (Å²) < 4.78 is 14.0. The molecule has 5 heteroatoms. The van der Waals surface area contributed by atoms with Crippen LogP contribution in [0.2, 0.25) is 0 Å². The molecule has 0 saturated carbocycles. The molecule has 2 aromatic carbocycles. The van der Waals surface area contributed by atoms with Gasteiger partial charge in [0, 0.05) is 18.3 Å². The van der Waals surface area contributed by atoms with Crippen molar-refractivity contribution in [2.45, 2.75) is 27.2 Å². The molecule has 0 atom stereocenters. The number of anilines is 2. The van der Waals surface area contributed by atoms with Gasteiger partial charge in [-0.05, 0) is 42.7 Å². The molecule has 2 aromatic rings. The van der Waals surface area contributed by atoms with Gasteiger partial charge in [0.2, 0.25) is 5.91 Å². The van der Waals surface area contributed by atoms with E-state index in [1.807, 2.05) is 32.0 Å². The third-order valence-corrected chi connectivity index (χ3v) is 3.51. The third kappa shape index (κ3) is 3.94. The van der Waals surface area contributed by atoms with Crippen LogP contribution in [0.15, 0.2) is 36.4 Å². The number of carbonyl (C=O) groups excluding carboxylic acids is 2. The summed E-state index contributed by atoms with van der Waals surface area (Å²) in [4.78, 5) is 23.5. The lowest BCUT2D eigenvalue weighted by Crippen LogP contribution is -2.16. The summed E-state index contributed by atoms with van der Waals surface area (Å²) >= 11 is 0. The second kappa shape index (κ2) is 7.05. The molecule has 0 spiro atoms. The van der Waals surface area contributed by atoms with Gasteiger partial charge >= 0.3 is 0 Å². The summed E-state index contributed by atoms with van der Waals surface area (Å²) in [7, 11) is 0. The Morgan fingerprint density at radius 1 is 1.13 bits per heavy atom. The summed E-state index contributed by atoms with van der Waals surface area (Å²) in [6, 6.07) is 9.64. The van der Waals surface area contributed by atoms with Gasteiger partial charge in [0.15, 0.2) is 0 Å². The number of carbonyl (C=O) groups is 2. The fraction of sp³-hybridized carbons (Fsp3) is 0.222. The lowest BCUT2D eigenvalue weighted by molar-refractivity contribution is -0.114. The van der Waals surface area contributed by atoms with Crippen LogP contribution in [0.5, 0.6) is 0 Å². The van der Waals surface area contributed by atoms with E-state index in [1.165, 1.54) is 25.1 Å². The van der Waals surface area contributed by atoms with Crippen LogP contribution in [-0.2, 0) is 11.2 Å². The van der Waals surface area contributed by atoms with Crippen LogP contribution in [0, 0.1) is 12.7 Å². The van der Waals surface area contributed by atoms with Crippen LogP contribution in [-0.4, -0.2) is 11.8 Å². The van der Waals surface area contributed by atoms with Crippen LogP contribution in [0.1, 0.15) is 35.3 Å². The molecule has 0 aromatic heterocycles. The van der Waals surface area contributed by atoms with E-state index < -0.39 is 11.7 Å². The minimum absolute atomic E-state index is 0.110. The molecule has 23 heavy (non-hydrogen) atoms. The fourth-order valence-corrected chi connectivity index (χ4v) is 2.36. The fourth-order valence-electron chi connectivity index (χ4n) is 2.36. The average Bonchev–Trinajstić information content (AvgIpc) is 2.50. The standard InChI is InChI=1S/C18H19FN2O2/c1-4-13-7-5-6-11(2)17(13)21-18(23)15-10-14(20-12(3)22)8-9-16(15)19/h5-10H,4H2,1-3H3,(H,20,22)(H,21,23). The van der Waals surface area contributed by atoms with Crippen LogP contribution >= 0.6 is 0 Å². The zero-order chi connectivity index (χ0) is 17.0. The highest BCUT2D eigenvalue weighted by Crippen LogP contribution is 2.23. The van der Waals surface area contributed by atoms with Gasteiger partial charge < -0.3 is 10.6 Å². The maximum absolute atomic E-state index is 14.0. The lowest BCUT2D eigenvalue weighted by Gasteiger charge is -2.14. The van der Waals surface area contributed by atoms with Gasteiger partial charge in [-0.2, -0.15) is 0 Å². The van der Waals surface area contributed by atoms with Crippen molar-refractivity contribution in [1.82, 2.24) is 0 Å². The first-order valence-electron chi connectivity index (χ1n) is 7.39. The average molecular weight is 314 g/mol. The zero-order valence-electron chi connectivity index (χ0n) is 13.4. The molecule has 0 heterocycles. The van der Waals surface area contributed by atoms with Crippen molar-refractivity contribution in [3.05, 3.63) is 58.9 Å². The second-order valence-corrected chi connectivity index (χ2v) is 5.29. The number of para-hydroxylation sites is 1. The molecule has 0 radical (unpaired) electrons. The second-order valence-electron chi connectivity index (χ2n) is 5.29. The molecule has 2 amide bonds. The number of benzene rings is 2. The SMILES string of the molecule is CCc1cccc(C)c1NC(=O)c1cc(NC(C)=O)ccc1F. The highest BCUT2D eigenvalue weighted by molar-refractivity contribution is 6.06. The summed E-state index contributed by atoms with van der Waals surface area (Å²) in [5.74, 6) is -1.46. The molecule has 0 aliphatic heterocycles. The summed E-state index contributed by atoms with van der Waals surface area (Å²) in [6.07, 6.45) is 0.756. The number of hydrogen-bond acceptors (Lipinski definition) is 2. The Bertz CT molecular complexity index is 757. The first kappa shape index (κ1) is 16.7. The summed E-state index contributed by atoms with van der Waals surface area (Å²) in [6.45, 7) is 5.23. The molecule has 0 aliphatic carbocycles. The normalized spacial score (nSPS) is 10.3. The molecule has 2 N–H and O–H groups in total. The van der Waals surface area contributed by atoms with Gasteiger partial charge in [-0.1, -0.05) is 25.1 Å². The van der Waals surface area contributed by atoms with Crippen molar-refractivity contribution in [1.29, 1.82) is 0 Å². The van der Waals surface area contributed by atoms with E-state index >= 15 is 0 Å². The summed E-state index contributed by atoms with van der Waals surface area (Å²) in [5, 5.41) is 5.32. The number of amides is 2. The molecular weight excluding hydrogens is 295 g/mol. The highest BCUT2D eigenvalue weighted by Gasteiger charge is 2.15. The quantitative estimate of drug-likeness (QED) is 0.899. The van der Waals surface area contributed by atoms with E-state index in [0.29, 0.717) is 11.4 Å². The maximum atomic E-state index is 14.0. The zero-order valence-corrected chi connectivity index (χ0v) is 13.4. The number of nitrogens with one attached hydrogen (secondary N) is 2. The van der Waals surface area contributed by atoms with Crippen molar-refractivity contribution in [2.24, 2.45) is 0 Å². The molecule has 0 aliphatic rings. The van der Waals surface area contributed by atoms with E-state index in [9.17, 15) is 14.0 Å². The maximum Gasteiger partial charge on any atom is 0.258 e. The minimum Gasteiger partial charge on any atom is -0.326 e. The molecule has 0 unspecified atom stereocenters. The first-order valence-corrected chi connectivity index (χ1v) is 7.39. The van der Waals surface area contributed by atoms with Gasteiger partial charge in [-0.25, -0.2) is 4.39 Å². The molecule has 120 valence electrons. The molecule has 2 rings (SSSR count). The highest BCUT2D eigenvalue weighted by atomic mass is 19.1. The molecule has 0 fully saturated rings. The topological polar surface area (TPSA) is 58.2 Å². The Morgan fingerprint density at radius 2 is 1.87 bits per heavy atom. The number of hydrogen-bond donors (Lipinski definition) is 2. The van der Waals surface area contributed by atoms with Gasteiger partial charge in [-0.3, -0.25) is 9.59 Å². The van der Waals surface area contributed by atoms with Crippen LogP contribution in [0.3, 0.4) is 0 Å². The molecular formula is C18H19FN2O2. The Labute approximate surface area is 134 Å². The van der Waals surface area contributed by atoms with E-state index in [0.717, 1.165) is 17.5 Å². The van der Waals surface area contributed by atoms with Crippen molar-refractivity contribution in [3.8, 4) is 0 Å². The predicted molar refractivity (Wildman–Crippen MR) is 89.2 cm³/mol. The Balaban J connectivity index is 2.33. The van der Waals surface area contributed by atoms with E-state index in [4.69, 9.17) is 0 Å². The third-order valence-electron chi connectivity index (χ3n) is 3.51. The number of halogens is 1. The Morgan fingerprint density at radius 3 is 2.52 bits per heavy atom. The molecule has 0 bridgehead atoms. The largest absolute Gasteiger partial charge is 0.326 e. The lowest BCUT2D eigenvalue weighted by atomic mass is 10.1. The van der Waals surface area contributed by atoms with Crippen LogP contribution < -0.4 is 10.6 Å². The Kier molecular flexibility index (Phi) is 5.11. The Hall–Kier alpha value is -2.69. The van der Waals surface area contributed by atoms with Crippen molar-refractivity contribution < 1.29 is 14.0 Å². The number of aryl methyl sites for hydroxylation is 2. The smallest absolute Gasteiger partial charge is 0.258 e. The molecule has 4 nitrogen and oxygen atoms in total. The molecule has 0 saturated heterocycles. The van der Waals surface area contributed by atoms with Crippen molar-refractivity contribution in [3.63, 3.8) is 0 Å². The summed E-state index contributed by atoms with van der Waals surface area (Å²) in [5.41, 5.74) is 2.86. The van der Waals surface area contributed by atoms with Crippen molar-refractivity contribution >= 4 is 23.2 Å². The van der Waals surface area contributed by atoms with Crippen LogP contribution in [0.4, 0.5) is 15.8 Å². The van der Waals surface area contributed by atoms with E-state index in [-0.39, 0.29) is 11.5 Å². The van der Waals surface area contributed by atoms with Gasteiger partial charge in [-0.15, -0.1) is 0 Å². The van der Waals surface area contributed by atoms with E-state index in [1.54, 1.807) is 0 Å². The van der Waals surface area contributed by atoms with Crippen molar-refractivity contribution in [2.75, 3.05) is 10.6 Å². The monoisotopic (exact) mass is 314 g/mol. The van der Waals surface area contributed by atoms with Gasteiger partial charge in [0.25, 0.3) is 5.91 Å². The minimum atomic E-state index is -0.636. The van der Waals surface area contributed by atoms with Gasteiger partial charge in [0.1, 0.15) is 5.82 Å². The van der Waals surface area contributed by atoms with Crippen LogP contribution in [0.25, 0.3) is 0 Å². The number of rotatable bonds is 4. The van der Waals surface area contributed by atoms with Gasteiger partial charge in [0.05, 0.1) is 5.56 Å².